The molecule has 3 unspecified atom stereocenters. The first kappa shape index (κ1) is 18.3. The fraction of sp³-hybridized carbons (Fsp3) is 0.400. The summed E-state index contributed by atoms with van der Waals surface area (Å²) in [5.41, 5.74) is 8.35. The summed E-state index contributed by atoms with van der Waals surface area (Å²) in [6.45, 7) is 2.10. The number of hydrogen-bond donors (Lipinski definition) is 2. The molecule has 0 fully saturated rings. The van der Waals surface area contributed by atoms with Gasteiger partial charge in [0.05, 0.1) is 20.3 Å². The third-order valence-corrected chi connectivity index (χ3v) is 4.52. The molecule has 0 aliphatic heterocycles. The second-order valence-corrected chi connectivity index (χ2v) is 5.99. The van der Waals surface area contributed by atoms with E-state index >= 15 is 0 Å². The normalized spacial score (nSPS) is 14.7. The molecular weight excluding hydrogens is 302 g/mol. The van der Waals surface area contributed by atoms with Crippen LogP contribution in [0.4, 0.5) is 0 Å². The van der Waals surface area contributed by atoms with Gasteiger partial charge in [-0.25, -0.2) is 0 Å². The van der Waals surface area contributed by atoms with Gasteiger partial charge < -0.3 is 20.3 Å². The molecule has 0 aliphatic carbocycles. The average Bonchev–Trinajstić information content (AvgIpc) is 2.65. The van der Waals surface area contributed by atoms with Gasteiger partial charge in [0.25, 0.3) is 0 Å². The molecule has 130 valence electrons. The van der Waals surface area contributed by atoms with Gasteiger partial charge in [0.15, 0.2) is 11.5 Å². The molecule has 2 rings (SSSR count). The Morgan fingerprint density at radius 2 is 1.67 bits per heavy atom. The van der Waals surface area contributed by atoms with Crippen molar-refractivity contribution >= 4 is 0 Å². The third kappa shape index (κ3) is 4.28. The first-order valence-corrected chi connectivity index (χ1v) is 8.30. The summed E-state index contributed by atoms with van der Waals surface area (Å²) in [6.07, 6.45) is 0.998. The SMILES string of the molecule is CCC(Cc1ccc(OC)c(OC)c1)C(N)C(O)c1ccccc1. The van der Waals surface area contributed by atoms with Crippen LogP contribution >= 0.6 is 0 Å². The van der Waals surface area contributed by atoms with Crippen LogP contribution in [0.15, 0.2) is 48.5 Å². The van der Waals surface area contributed by atoms with Crippen LogP contribution in [0, 0.1) is 5.92 Å². The van der Waals surface area contributed by atoms with Crippen molar-refractivity contribution in [2.24, 2.45) is 11.7 Å². The first-order chi connectivity index (χ1) is 11.6. The Bertz CT molecular complexity index is 630. The highest BCUT2D eigenvalue weighted by molar-refractivity contribution is 5.43. The molecule has 2 aromatic carbocycles. The lowest BCUT2D eigenvalue weighted by Crippen LogP contribution is -2.37. The Morgan fingerprint density at radius 3 is 2.25 bits per heavy atom. The quantitative estimate of drug-likeness (QED) is 0.780. The Kier molecular flexibility index (Phi) is 6.64. The van der Waals surface area contributed by atoms with Crippen LogP contribution in [0.5, 0.6) is 11.5 Å². The van der Waals surface area contributed by atoms with Gasteiger partial charge in [0, 0.05) is 6.04 Å². The molecule has 0 aromatic heterocycles. The minimum absolute atomic E-state index is 0.165. The summed E-state index contributed by atoms with van der Waals surface area (Å²) in [5, 5.41) is 10.6. The van der Waals surface area contributed by atoms with E-state index in [-0.39, 0.29) is 12.0 Å². The van der Waals surface area contributed by atoms with Crippen molar-refractivity contribution in [2.45, 2.75) is 31.9 Å². The molecule has 3 N–H and O–H groups in total. The molecule has 4 heteroatoms. The molecule has 0 saturated heterocycles. The Labute approximate surface area is 144 Å². The Hall–Kier alpha value is -2.04. The van der Waals surface area contributed by atoms with Gasteiger partial charge in [-0.3, -0.25) is 0 Å². The largest absolute Gasteiger partial charge is 0.493 e. The topological polar surface area (TPSA) is 64.7 Å². The van der Waals surface area contributed by atoms with Crippen molar-refractivity contribution in [1.29, 1.82) is 0 Å². The maximum absolute atomic E-state index is 10.6. The molecule has 4 nitrogen and oxygen atoms in total. The summed E-state index contributed by atoms with van der Waals surface area (Å²) >= 11 is 0. The van der Waals surface area contributed by atoms with E-state index in [2.05, 4.69) is 6.92 Å². The van der Waals surface area contributed by atoms with Crippen molar-refractivity contribution in [3.63, 3.8) is 0 Å². The highest BCUT2D eigenvalue weighted by Crippen LogP contribution is 2.30. The number of aliphatic hydroxyl groups excluding tert-OH is 1. The monoisotopic (exact) mass is 329 g/mol. The maximum atomic E-state index is 10.6. The number of benzene rings is 2. The van der Waals surface area contributed by atoms with Gasteiger partial charge in [-0.05, 0) is 35.6 Å². The van der Waals surface area contributed by atoms with E-state index in [4.69, 9.17) is 15.2 Å². The zero-order valence-electron chi connectivity index (χ0n) is 14.6. The Balaban J connectivity index is 2.14. The van der Waals surface area contributed by atoms with Gasteiger partial charge in [-0.1, -0.05) is 49.7 Å². The lowest BCUT2D eigenvalue weighted by molar-refractivity contribution is 0.115. The summed E-state index contributed by atoms with van der Waals surface area (Å²) in [4.78, 5) is 0. The summed E-state index contributed by atoms with van der Waals surface area (Å²) in [6, 6.07) is 15.2. The zero-order valence-corrected chi connectivity index (χ0v) is 14.6. The van der Waals surface area contributed by atoms with Gasteiger partial charge >= 0.3 is 0 Å². The summed E-state index contributed by atoms with van der Waals surface area (Å²) in [7, 11) is 3.25. The van der Waals surface area contributed by atoms with Crippen molar-refractivity contribution in [2.75, 3.05) is 14.2 Å². The molecule has 0 bridgehead atoms. The summed E-state index contributed by atoms with van der Waals surface area (Å²) < 4.78 is 10.6. The fourth-order valence-corrected chi connectivity index (χ4v) is 2.99. The van der Waals surface area contributed by atoms with Gasteiger partial charge in [0.2, 0.25) is 0 Å². The number of nitrogens with two attached hydrogens (primary N) is 1. The molecule has 2 aromatic rings. The minimum Gasteiger partial charge on any atom is -0.493 e. The highest BCUT2D eigenvalue weighted by atomic mass is 16.5. The predicted octanol–water partition coefficient (Wildman–Crippen LogP) is 3.33. The molecule has 0 heterocycles. The van der Waals surface area contributed by atoms with E-state index in [0.29, 0.717) is 11.5 Å². The van der Waals surface area contributed by atoms with Crippen LogP contribution in [0.1, 0.15) is 30.6 Å². The average molecular weight is 329 g/mol. The van der Waals surface area contributed by atoms with Crippen LogP contribution in [0.3, 0.4) is 0 Å². The van der Waals surface area contributed by atoms with Crippen molar-refractivity contribution < 1.29 is 14.6 Å². The van der Waals surface area contributed by atoms with Crippen molar-refractivity contribution in [3.05, 3.63) is 59.7 Å². The number of aliphatic hydroxyl groups is 1. The minimum atomic E-state index is -0.670. The lowest BCUT2D eigenvalue weighted by atomic mass is 9.85. The first-order valence-electron chi connectivity index (χ1n) is 8.30. The summed E-state index contributed by atoms with van der Waals surface area (Å²) in [5.74, 6) is 1.59. The van der Waals surface area contributed by atoms with Gasteiger partial charge in [0.1, 0.15) is 0 Å². The van der Waals surface area contributed by atoms with Crippen LogP contribution in [-0.2, 0) is 6.42 Å². The van der Waals surface area contributed by atoms with Crippen molar-refractivity contribution in [3.8, 4) is 11.5 Å². The molecule has 0 aliphatic rings. The molecule has 0 spiro atoms. The van der Waals surface area contributed by atoms with Crippen molar-refractivity contribution in [1.82, 2.24) is 0 Å². The Morgan fingerprint density at radius 1 is 1.00 bits per heavy atom. The second-order valence-electron chi connectivity index (χ2n) is 5.99. The van der Waals surface area contributed by atoms with E-state index in [9.17, 15) is 5.11 Å². The van der Waals surface area contributed by atoms with Gasteiger partial charge in [-0.2, -0.15) is 0 Å². The number of methoxy groups -OCH3 is 2. The standard InChI is InChI=1S/C20H27NO3/c1-4-15(19(21)20(22)16-8-6-5-7-9-16)12-14-10-11-17(23-2)18(13-14)24-3/h5-11,13,15,19-20,22H,4,12,21H2,1-3H3. The van der Waals surface area contributed by atoms with E-state index in [0.717, 1.165) is 24.0 Å². The molecule has 3 atom stereocenters. The lowest BCUT2D eigenvalue weighted by Gasteiger charge is -2.27. The highest BCUT2D eigenvalue weighted by Gasteiger charge is 2.25. The van der Waals surface area contributed by atoms with E-state index in [1.54, 1.807) is 14.2 Å². The smallest absolute Gasteiger partial charge is 0.160 e. The molecule has 0 saturated carbocycles. The maximum Gasteiger partial charge on any atom is 0.160 e. The number of ether oxygens (including phenoxy) is 2. The van der Waals surface area contributed by atoms with Gasteiger partial charge in [-0.15, -0.1) is 0 Å². The molecule has 0 radical (unpaired) electrons. The molecular formula is C20H27NO3. The van der Waals surface area contributed by atoms with Crippen LogP contribution < -0.4 is 15.2 Å². The van der Waals surface area contributed by atoms with Crippen LogP contribution in [0.25, 0.3) is 0 Å². The number of rotatable bonds is 8. The van der Waals surface area contributed by atoms with Crippen LogP contribution in [-0.4, -0.2) is 25.4 Å². The second kappa shape index (κ2) is 8.71. The predicted molar refractivity (Wildman–Crippen MR) is 96.4 cm³/mol. The number of hydrogen-bond acceptors (Lipinski definition) is 4. The molecule has 24 heavy (non-hydrogen) atoms. The molecule has 0 amide bonds. The van der Waals surface area contributed by atoms with E-state index in [1.807, 2.05) is 48.5 Å². The van der Waals surface area contributed by atoms with Crippen LogP contribution in [0.2, 0.25) is 0 Å². The van der Waals surface area contributed by atoms with E-state index in [1.165, 1.54) is 0 Å². The zero-order chi connectivity index (χ0) is 17.5. The third-order valence-electron chi connectivity index (χ3n) is 4.52. The fourth-order valence-electron chi connectivity index (χ4n) is 2.99. The van der Waals surface area contributed by atoms with E-state index < -0.39 is 6.10 Å².